The quantitative estimate of drug-likeness (QED) is 0.852. The van der Waals surface area contributed by atoms with E-state index >= 15 is 0 Å². The summed E-state index contributed by atoms with van der Waals surface area (Å²) in [5.74, 6) is 0.469. The highest BCUT2D eigenvalue weighted by molar-refractivity contribution is 6.32. The second-order valence-electron chi connectivity index (χ2n) is 4.88. The van der Waals surface area contributed by atoms with Crippen LogP contribution in [0.3, 0.4) is 0 Å². The number of ether oxygens (including phenoxy) is 1. The van der Waals surface area contributed by atoms with Gasteiger partial charge in [-0.1, -0.05) is 11.6 Å². The Hall–Kier alpha value is -1.13. The monoisotopic (exact) mass is 266 g/mol. The molecular weight excluding hydrogens is 252 g/mol. The molecule has 2 unspecified atom stereocenters. The molecule has 1 aliphatic carbocycles. The number of nitrogens with zero attached hydrogens (tertiary/aromatic N) is 1. The van der Waals surface area contributed by atoms with Gasteiger partial charge in [0.25, 0.3) is 5.91 Å². The molecule has 2 atom stereocenters. The fraction of sp³-hybridized carbons (Fsp3) is 0.538. The van der Waals surface area contributed by atoms with E-state index in [0.717, 1.165) is 13.0 Å². The van der Waals surface area contributed by atoms with Gasteiger partial charge in [-0.25, -0.2) is 4.98 Å². The lowest BCUT2D eigenvalue weighted by molar-refractivity contribution is 0.0729. The molecule has 3 rings (SSSR count). The normalized spacial score (nSPS) is 27.2. The summed E-state index contributed by atoms with van der Waals surface area (Å²) in [6.07, 6.45) is 5.06. The van der Waals surface area contributed by atoms with E-state index in [2.05, 4.69) is 10.3 Å². The lowest BCUT2D eigenvalue weighted by Gasteiger charge is -2.19. The Morgan fingerprint density at radius 3 is 3.00 bits per heavy atom. The molecule has 0 radical (unpaired) electrons. The standard InChI is InChI=1S/C13H15ClN2O2/c14-12-9(2-1-6-15-12)13(17)16-10-5-7-18-11(10)8-3-4-8/h1-2,6,8,10-11H,3-5,7H2,(H,16,17). The van der Waals surface area contributed by atoms with Gasteiger partial charge in [0, 0.05) is 12.8 Å². The minimum atomic E-state index is -0.158. The van der Waals surface area contributed by atoms with Crippen molar-refractivity contribution in [2.24, 2.45) is 5.92 Å². The van der Waals surface area contributed by atoms with Crippen LogP contribution >= 0.6 is 11.6 Å². The molecule has 96 valence electrons. The molecule has 1 aliphatic heterocycles. The molecule has 0 spiro atoms. The lowest BCUT2D eigenvalue weighted by atomic mass is 10.1. The molecule has 1 amide bonds. The SMILES string of the molecule is O=C(NC1CCOC1C1CC1)c1cccnc1Cl. The third kappa shape index (κ3) is 2.35. The van der Waals surface area contributed by atoms with Crippen LogP contribution in [0.5, 0.6) is 0 Å². The van der Waals surface area contributed by atoms with E-state index in [0.29, 0.717) is 11.5 Å². The summed E-state index contributed by atoms with van der Waals surface area (Å²) in [4.78, 5) is 16.0. The van der Waals surface area contributed by atoms with Crippen molar-refractivity contribution in [1.29, 1.82) is 0 Å². The van der Waals surface area contributed by atoms with Crippen molar-refractivity contribution in [2.45, 2.75) is 31.4 Å². The number of amides is 1. The Bertz CT molecular complexity index is 462. The maximum Gasteiger partial charge on any atom is 0.254 e. The summed E-state index contributed by atoms with van der Waals surface area (Å²) in [5.41, 5.74) is 0.431. The van der Waals surface area contributed by atoms with Crippen LogP contribution in [0.15, 0.2) is 18.3 Å². The first-order valence-corrected chi connectivity index (χ1v) is 6.66. The maximum atomic E-state index is 12.1. The number of carbonyl (C=O) groups excluding carboxylic acids is 1. The largest absolute Gasteiger partial charge is 0.376 e. The van der Waals surface area contributed by atoms with E-state index in [1.54, 1.807) is 18.3 Å². The van der Waals surface area contributed by atoms with Crippen molar-refractivity contribution in [3.05, 3.63) is 29.0 Å². The molecule has 0 aromatic carbocycles. The summed E-state index contributed by atoms with van der Waals surface area (Å²) in [6, 6.07) is 3.51. The van der Waals surface area contributed by atoms with E-state index in [9.17, 15) is 4.79 Å². The molecule has 0 bridgehead atoms. The van der Waals surface area contributed by atoms with Crippen molar-refractivity contribution < 1.29 is 9.53 Å². The minimum Gasteiger partial charge on any atom is -0.376 e. The average molecular weight is 267 g/mol. The smallest absolute Gasteiger partial charge is 0.254 e. The van der Waals surface area contributed by atoms with Gasteiger partial charge in [-0.3, -0.25) is 4.79 Å². The minimum absolute atomic E-state index is 0.112. The van der Waals surface area contributed by atoms with E-state index in [1.165, 1.54) is 12.8 Å². The summed E-state index contributed by atoms with van der Waals surface area (Å²) in [7, 11) is 0. The Morgan fingerprint density at radius 1 is 1.44 bits per heavy atom. The zero-order chi connectivity index (χ0) is 12.5. The molecule has 1 saturated carbocycles. The number of aromatic nitrogens is 1. The topological polar surface area (TPSA) is 51.2 Å². The van der Waals surface area contributed by atoms with Gasteiger partial charge in [-0.15, -0.1) is 0 Å². The summed E-state index contributed by atoms with van der Waals surface area (Å²) in [5, 5.41) is 3.27. The van der Waals surface area contributed by atoms with Crippen molar-refractivity contribution in [1.82, 2.24) is 10.3 Å². The van der Waals surface area contributed by atoms with Gasteiger partial charge in [0.15, 0.2) is 0 Å². The van der Waals surface area contributed by atoms with Gasteiger partial charge in [-0.2, -0.15) is 0 Å². The zero-order valence-corrected chi connectivity index (χ0v) is 10.7. The highest BCUT2D eigenvalue weighted by Gasteiger charge is 2.41. The van der Waals surface area contributed by atoms with Crippen molar-refractivity contribution in [3.8, 4) is 0 Å². The van der Waals surface area contributed by atoms with Gasteiger partial charge in [0.1, 0.15) is 5.15 Å². The highest BCUT2D eigenvalue weighted by atomic mass is 35.5. The van der Waals surface area contributed by atoms with Crippen LogP contribution in [0.1, 0.15) is 29.6 Å². The fourth-order valence-electron chi connectivity index (χ4n) is 2.46. The van der Waals surface area contributed by atoms with E-state index in [1.807, 2.05) is 0 Å². The van der Waals surface area contributed by atoms with Crippen molar-refractivity contribution >= 4 is 17.5 Å². The van der Waals surface area contributed by atoms with Crippen LogP contribution in [0.4, 0.5) is 0 Å². The van der Waals surface area contributed by atoms with Crippen LogP contribution in [0.2, 0.25) is 5.15 Å². The molecule has 2 heterocycles. The Balaban J connectivity index is 1.69. The molecule has 1 aromatic rings. The first-order chi connectivity index (χ1) is 8.75. The van der Waals surface area contributed by atoms with E-state index in [4.69, 9.17) is 16.3 Å². The molecule has 4 nitrogen and oxygen atoms in total. The molecule has 1 aromatic heterocycles. The zero-order valence-electron chi connectivity index (χ0n) is 9.93. The molecule has 1 N–H and O–H groups in total. The molecule has 2 aliphatic rings. The van der Waals surface area contributed by atoms with Crippen molar-refractivity contribution in [3.63, 3.8) is 0 Å². The van der Waals surface area contributed by atoms with Gasteiger partial charge in [-0.05, 0) is 37.3 Å². The third-order valence-electron chi connectivity index (χ3n) is 3.54. The Kier molecular flexibility index (Phi) is 3.22. The first-order valence-electron chi connectivity index (χ1n) is 6.28. The molecule has 2 fully saturated rings. The number of nitrogens with one attached hydrogen (secondary N) is 1. The van der Waals surface area contributed by atoms with Gasteiger partial charge in [0.2, 0.25) is 0 Å². The number of rotatable bonds is 3. The number of hydrogen-bond donors (Lipinski definition) is 1. The summed E-state index contributed by atoms with van der Waals surface area (Å²) in [6.45, 7) is 0.729. The van der Waals surface area contributed by atoms with E-state index < -0.39 is 0 Å². The second-order valence-corrected chi connectivity index (χ2v) is 5.24. The first kappa shape index (κ1) is 11.9. The van der Waals surface area contributed by atoms with Crippen LogP contribution < -0.4 is 5.32 Å². The molecular formula is C13H15ClN2O2. The number of hydrogen-bond acceptors (Lipinski definition) is 3. The molecule has 18 heavy (non-hydrogen) atoms. The summed E-state index contributed by atoms with van der Waals surface area (Å²) < 4.78 is 5.69. The van der Waals surface area contributed by atoms with Crippen LogP contribution in [-0.4, -0.2) is 29.6 Å². The summed E-state index contributed by atoms with van der Waals surface area (Å²) >= 11 is 5.91. The fourth-order valence-corrected chi connectivity index (χ4v) is 2.66. The van der Waals surface area contributed by atoms with Crippen LogP contribution in [-0.2, 0) is 4.74 Å². The highest BCUT2D eigenvalue weighted by Crippen LogP contribution is 2.38. The lowest BCUT2D eigenvalue weighted by Crippen LogP contribution is -2.41. The van der Waals surface area contributed by atoms with Crippen LogP contribution in [0.25, 0.3) is 0 Å². The average Bonchev–Trinajstić information content (AvgIpc) is 3.11. The predicted molar refractivity (Wildman–Crippen MR) is 67.6 cm³/mol. The Morgan fingerprint density at radius 2 is 2.28 bits per heavy atom. The molecule has 1 saturated heterocycles. The van der Waals surface area contributed by atoms with Gasteiger partial charge >= 0.3 is 0 Å². The number of carbonyl (C=O) groups is 1. The maximum absolute atomic E-state index is 12.1. The van der Waals surface area contributed by atoms with E-state index in [-0.39, 0.29) is 23.2 Å². The third-order valence-corrected chi connectivity index (χ3v) is 3.84. The predicted octanol–water partition coefficient (Wildman–Crippen LogP) is 2.03. The number of pyridine rings is 1. The second kappa shape index (κ2) is 4.86. The van der Waals surface area contributed by atoms with Gasteiger partial charge < -0.3 is 10.1 Å². The van der Waals surface area contributed by atoms with Gasteiger partial charge in [0.05, 0.1) is 17.7 Å². The molecule has 5 heteroatoms. The number of halogens is 1. The van der Waals surface area contributed by atoms with Crippen molar-refractivity contribution in [2.75, 3.05) is 6.61 Å². The van der Waals surface area contributed by atoms with Crippen LogP contribution in [0, 0.1) is 5.92 Å². The Labute approximate surface area is 111 Å².